The molecule has 0 aromatic carbocycles. The molecule has 1 amide bonds. The van der Waals surface area contributed by atoms with Gasteiger partial charge >= 0.3 is 0 Å². The highest BCUT2D eigenvalue weighted by Crippen LogP contribution is 2.03. The third-order valence-corrected chi connectivity index (χ3v) is 5.00. The Bertz CT molecular complexity index is 485. The van der Waals surface area contributed by atoms with Gasteiger partial charge in [-0.15, -0.1) is 0 Å². The second-order valence-corrected chi connectivity index (χ2v) is 7.75. The van der Waals surface area contributed by atoms with E-state index < -0.39 is 6.04 Å². The molecule has 31 heavy (non-hydrogen) atoms. The molecule has 0 fully saturated rings. The van der Waals surface area contributed by atoms with E-state index in [4.69, 9.17) is 22.0 Å². The summed E-state index contributed by atoms with van der Waals surface area (Å²) in [6.07, 6.45) is 7.54. The highest BCUT2D eigenvalue weighted by molar-refractivity contribution is 5.81. The van der Waals surface area contributed by atoms with Crippen molar-refractivity contribution in [1.82, 2.24) is 20.9 Å². The van der Waals surface area contributed by atoms with Crippen molar-refractivity contribution in [2.75, 3.05) is 58.9 Å². The van der Waals surface area contributed by atoms with Gasteiger partial charge in [0.15, 0.2) is 0 Å². The number of unbranched alkanes of at least 4 members (excludes halogenated alkanes) is 2. The maximum atomic E-state index is 12.1. The van der Waals surface area contributed by atoms with E-state index in [9.17, 15) is 4.79 Å². The molecular weight excluding hydrogens is 392 g/mol. The normalized spacial score (nSPS) is 11.8. The Hall–Kier alpha value is -1.75. The van der Waals surface area contributed by atoms with Crippen LogP contribution < -0.4 is 27.4 Å². The lowest BCUT2D eigenvalue weighted by molar-refractivity contribution is -0.122. The smallest absolute Gasteiger partial charge is 0.236 e. The molecule has 0 aliphatic carbocycles. The van der Waals surface area contributed by atoms with Crippen LogP contribution in [0.2, 0.25) is 0 Å². The number of nitrogens with zero attached hydrogens (tertiary/aromatic N) is 3. The first-order valence-corrected chi connectivity index (χ1v) is 11.8. The summed E-state index contributed by atoms with van der Waals surface area (Å²) in [5.74, 6) is -0.0885. The van der Waals surface area contributed by atoms with Crippen molar-refractivity contribution >= 4 is 5.91 Å². The Kier molecular flexibility index (Phi) is 21.6. The number of nitriles is 2. The molecule has 0 aliphatic heterocycles. The van der Waals surface area contributed by atoms with E-state index in [1.807, 2.05) is 0 Å². The standard InChI is InChI=1S/C22H44N8O/c23-10-5-15-27-13-2-3-14-28-16-8-17-29-22(31)21(26)9-1-4-18-30(19-6-11-24)20-7-12-25/h21,27-28H,1-10,13-20,23,26H2,(H,29,31). The van der Waals surface area contributed by atoms with Crippen LogP contribution in [0.25, 0.3) is 0 Å². The van der Waals surface area contributed by atoms with Gasteiger partial charge in [0.05, 0.1) is 18.2 Å². The lowest BCUT2D eigenvalue weighted by Gasteiger charge is -2.20. The van der Waals surface area contributed by atoms with Gasteiger partial charge in [0.1, 0.15) is 0 Å². The van der Waals surface area contributed by atoms with Gasteiger partial charge in [0.2, 0.25) is 5.91 Å². The summed E-state index contributed by atoms with van der Waals surface area (Å²) >= 11 is 0. The molecular formula is C22H44N8O. The fourth-order valence-corrected chi connectivity index (χ4v) is 3.12. The second-order valence-electron chi connectivity index (χ2n) is 7.75. The van der Waals surface area contributed by atoms with Crippen molar-refractivity contribution < 1.29 is 4.79 Å². The molecule has 9 heteroatoms. The zero-order valence-electron chi connectivity index (χ0n) is 19.2. The van der Waals surface area contributed by atoms with Crippen LogP contribution in [-0.4, -0.2) is 75.8 Å². The largest absolute Gasteiger partial charge is 0.355 e. The highest BCUT2D eigenvalue weighted by atomic mass is 16.2. The van der Waals surface area contributed by atoms with Crippen molar-refractivity contribution in [3.05, 3.63) is 0 Å². The maximum absolute atomic E-state index is 12.1. The molecule has 7 N–H and O–H groups in total. The number of nitrogens with two attached hydrogens (primary N) is 2. The molecule has 0 heterocycles. The Morgan fingerprint density at radius 2 is 1.39 bits per heavy atom. The van der Waals surface area contributed by atoms with Gasteiger partial charge in [0, 0.05) is 32.5 Å². The summed E-state index contributed by atoms with van der Waals surface area (Å²) in [6, 6.07) is 3.80. The van der Waals surface area contributed by atoms with Crippen molar-refractivity contribution in [1.29, 1.82) is 10.5 Å². The monoisotopic (exact) mass is 436 g/mol. The molecule has 0 spiro atoms. The van der Waals surface area contributed by atoms with Crippen LogP contribution in [0.5, 0.6) is 0 Å². The minimum atomic E-state index is -0.480. The average Bonchev–Trinajstić information content (AvgIpc) is 2.78. The molecule has 1 unspecified atom stereocenters. The summed E-state index contributed by atoms with van der Waals surface area (Å²) in [4.78, 5) is 14.2. The topological polar surface area (TPSA) is 156 Å². The SMILES string of the molecule is N#CCCN(CCC#N)CCCCC(N)C(=O)NCCCNCCCCNCCCN. The Morgan fingerprint density at radius 1 is 0.806 bits per heavy atom. The van der Waals surface area contributed by atoms with E-state index in [2.05, 4.69) is 33.0 Å². The van der Waals surface area contributed by atoms with E-state index in [1.165, 1.54) is 0 Å². The molecule has 1 atom stereocenters. The van der Waals surface area contributed by atoms with Gasteiger partial charge in [-0.1, -0.05) is 6.42 Å². The third-order valence-electron chi connectivity index (χ3n) is 5.00. The van der Waals surface area contributed by atoms with Crippen LogP contribution in [0.1, 0.15) is 57.8 Å². The molecule has 0 bridgehead atoms. The van der Waals surface area contributed by atoms with E-state index in [0.717, 1.165) is 77.8 Å². The molecule has 0 aromatic heterocycles. The Labute approximate surface area is 188 Å². The van der Waals surface area contributed by atoms with Gasteiger partial charge in [-0.3, -0.25) is 4.79 Å². The highest BCUT2D eigenvalue weighted by Gasteiger charge is 2.12. The van der Waals surface area contributed by atoms with Crippen molar-refractivity contribution in [3.8, 4) is 12.1 Å². The molecule has 0 radical (unpaired) electrons. The lowest BCUT2D eigenvalue weighted by Crippen LogP contribution is -2.41. The number of rotatable bonds is 22. The summed E-state index contributed by atoms with van der Waals surface area (Å²) in [7, 11) is 0. The maximum Gasteiger partial charge on any atom is 0.236 e. The van der Waals surface area contributed by atoms with Crippen LogP contribution in [0.4, 0.5) is 0 Å². The van der Waals surface area contributed by atoms with Crippen molar-refractivity contribution in [2.24, 2.45) is 11.5 Å². The van der Waals surface area contributed by atoms with Gasteiger partial charge in [-0.05, 0) is 77.8 Å². The zero-order chi connectivity index (χ0) is 23.0. The number of nitrogens with one attached hydrogen (secondary N) is 3. The van der Waals surface area contributed by atoms with Crippen LogP contribution in [0, 0.1) is 22.7 Å². The summed E-state index contributed by atoms with van der Waals surface area (Å²) in [5, 5.41) is 27.1. The van der Waals surface area contributed by atoms with E-state index in [1.54, 1.807) is 0 Å². The van der Waals surface area contributed by atoms with Gasteiger partial charge in [-0.2, -0.15) is 10.5 Å². The Balaban J connectivity index is 3.60. The number of hydrogen-bond acceptors (Lipinski definition) is 8. The van der Waals surface area contributed by atoms with Crippen molar-refractivity contribution in [2.45, 2.75) is 63.8 Å². The summed E-state index contributed by atoms with van der Waals surface area (Å²) < 4.78 is 0. The van der Waals surface area contributed by atoms with Crippen LogP contribution in [0.3, 0.4) is 0 Å². The van der Waals surface area contributed by atoms with Gasteiger partial charge in [0.25, 0.3) is 0 Å². The second kappa shape index (κ2) is 22.9. The fourth-order valence-electron chi connectivity index (χ4n) is 3.12. The fraction of sp³-hybridized carbons (Fsp3) is 0.864. The summed E-state index contributed by atoms with van der Waals surface area (Å²) in [6.45, 7) is 7.48. The first kappa shape index (κ1) is 29.2. The van der Waals surface area contributed by atoms with Crippen LogP contribution >= 0.6 is 0 Å². The third kappa shape index (κ3) is 19.9. The molecule has 9 nitrogen and oxygen atoms in total. The van der Waals surface area contributed by atoms with E-state index in [-0.39, 0.29) is 5.91 Å². The summed E-state index contributed by atoms with van der Waals surface area (Å²) in [5.41, 5.74) is 11.4. The quantitative estimate of drug-likeness (QED) is 0.153. The minimum absolute atomic E-state index is 0.0885. The van der Waals surface area contributed by atoms with Crippen molar-refractivity contribution in [3.63, 3.8) is 0 Å². The molecule has 0 saturated carbocycles. The molecule has 0 aliphatic rings. The predicted octanol–water partition coefficient (Wildman–Crippen LogP) is 0.428. The lowest BCUT2D eigenvalue weighted by atomic mass is 10.1. The van der Waals surface area contributed by atoms with Crippen LogP contribution in [-0.2, 0) is 4.79 Å². The first-order valence-electron chi connectivity index (χ1n) is 11.8. The predicted molar refractivity (Wildman–Crippen MR) is 125 cm³/mol. The molecule has 0 saturated heterocycles. The minimum Gasteiger partial charge on any atom is -0.355 e. The van der Waals surface area contributed by atoms with E-state index in [0.29, 0.717) is 38.9 Å². The average molecular weight is 437 g/mol. The van der Waals surface area contributed by atoms with E-state index >= 15 is 0 Å². The van der Waals surface area contributed by atoms with Gasteiger partial charge < -0.3 is 32.3 Å². The number of hydrogen-bond donors (Lipinski definition) is 5. The first-order chi connectivity index (χ1) is 15.2. The zero-order valence-corrected chi connectivity index (χ0v) is 19.2. The molecule has 0 aromatic rings. The number of carbonyl (C=O) groups is 1. The van der Waals surface area contributed by atoms with Gasteiger partial charge in [-0.25, -0.2) is 0 Å². The number of amides is 1. The Morgan fingerprint density at radius 3 is 1.97 bits per heavy atom. The van der Waals surface area contributed by atoms with Crippen LogP contribution in [0.15, 0.2) is 0 Å². The molecule has 178 valence electrons. The molecule has 0 rings (SSSR count). The number of carbonyl (C=O) groups excluding carboxylic acids is 1.